The number of aromatic amines is 1. The number of methoxy groups -OCH3 is 1. The lowest BCUT2D eigenvalue weighted by molar-refractivity contribution is 0.188. The molecule has 0 saturated carbocycles. The first-order chi connectivity index (χ1) is 8.70. The summed E-state index contributed by atoms with van der Waals surface area (Å²) in [6, 6.07) is 8.21. The monoisotopic (exact) mass is 308 g/mol. The average Bonchev–Trinajstić information content (AvgIpc) is 2.86. The fourth-order valence-electron chi connectivity index (χ4n) is 1.79. The summed E-state index contributed by atoms with van der Waals surface area (Å²) >= 11 is 3.44. The van der Waals surface area contributed by atoms with Crippen LogP contribution < -0.4 is 0 Å². The number of H-pyrrole nitrogens is 1. The summed E-state index contributed by atoms with van der Waals surface area (Å²) in [5.41, 5.74) is 2.21. The van der Waals surface area contributed by atoms with Crippen LogP contribution in [0, 0.1) is 0 Å². The molecule has 96 valence electrons. The number of imidazole rings is 1. The van der Waals surface area contributed by atoms with E-state index in [2.05, 4.69) is 45.0 Å². The Balaban J connectivity index is 2.12. The Kier molecular flexibility index (Phi) is 4.55. The number of hydrogen-bond donors (Lipinski definition) is 1. The molecule has 2 rings (SSSR count). The third-order valence-corrected chi connectivity index (χ3v) is 3.50. The Morgan fingerprint density at radius 3 is 2.72 bits per heavy atom. The second kappa shape index (κ2) is 6.16. The van der Waals surface area contributed by atoms with Gasteiger partial charge in [0.05, 0.1) is 11.9 Å². The van der Waals surface area contributed by atoms with Crippen molar-refractivity contribution < 1.29 is 4.74 Å². The molecule has 0 spiro atoms. The fourth-order valence-corrected chi connectivity index (χ4v) is 2.06. The van der Waals surface area contributed by atoms with Gasteiger partial charge >= 0.3 is 0 Å². The van der Waals surface area contributed by atoms with Gasteiger partial charge in [0.2, 0.25) is 0 Å². The molecule has 0 radical (unpaired) electrons. The predicted molar refractivity (Wildman–Crippen MR) is 76.6 cm³/mol. The molecule has 1 unspecified atom stereocenters. The molecule has 4 heteroatoms. The van der Waals surface area contributed by atoms with Crippen LogP contribution >= 0.6 is 15.9 Å². The lowest BCUT2D eigenvalue weighted by atomic mass is 10.1. The molecule has 0 bridgehead atoms. The summed E-state index contributed by atoms with van der Waals surface area (Å²) < 4.78 is 6.17. The van der Waals surface area contributed by atoms with E-state index in [0.717, 1.165) is 34.6 Å². The van der Waals surface area contributed by atoms with Crippen LogP contribution in [0.25, 0.3) is 11.3 Å². The topological polar surface area (TPSA) is 37.9 Å². The molecule has 0 saturated heterocycles. The van der Waals surface area contributed by atoms with Crippen LogP contribution in [0.2, 0.25) is 0 Å². The van der Waals surface area contributed by atoms with Gasteiger partial charge in [-0.05, 0) is 24.1 Å². The molecule has 1 atom stereocenters. The van der Waals surface area contributed by atoms with Crippen molar-refractivity contribution in [3.05, 3.63) is 40.8 Å². The van der Waals surface area contributed by atoms with Crippen LogP contribution in [-0.4, -0.2) is 23.7 Å². The molecule has 0 fully saturated rings. The van der Waals surface area contributed by atoms with Gasteiger partial charge in [0.1, 0.15) is 5.82 Å². The van der Waals surface area contributed by atoms with Crippen molar-refractivity contribution in [1.29, 1.82) is 0 Å². The first-order valence-electron chi connectivity index (χ1n) is 6.00. The lowest BCUT2D eigenvalue weighted by Gasteiger charge is -2.07. The molecule has 1 aromatic carbocycles. The van der Waals surface area contributed by atoms with Crippen molar-refractivity contribution in [2.45, 2.75) is 19.3 Å². The Bertz CT molecular complexity index is 493. The summed E-state index contributed by atoms with van der Waals surface area (Å²) in [6.45, 7) is 2.92. The van der Waals surface area contributed by atoms with Crippen LogP contribution in [0.5, 0.6) is 0 Å². The van der Waals surface area contributed by atoms with E-state index in [-0.39, 0.29) is 0 Å². The minimum absolute atomic E-state index is 0.383. The Labute approximate surface area is 116 Å². The number of nitrogens with one attached hydrogen (secondary N) is 1. The van der Waals surface area contributed by atoms with Crippen LogP contribution in [0.1, 0.15) is 25.1 Å². The van der Waals surface area contributed by atoms with Crippen molar-refractivity contribution in [1.82, 2.24) is 9.97 Å². The number of rotatable bonds is 5. The highest BCUT2D eigenvalue weighted by atomic mass is 79.9. The van der Waals surface area contributed by atoms with Crippen molar-refractivity contribution in [3.8, 4) is 11.3 Å². The van der Waals surface area contributed by atoms with Gasteiger partial charge in [-0.3, -0.25) is 0 Å². The Hall–Kier alpha value is -1.13. The molecule has 18 heavy (non-hydrogen) atoms. The molecule has 0 aliphatic carbocycles. The Morgan fingerprint density at radius 2 is 2.06 bits per heavy atom. The SMILES string of the molecule is COCCC(C)c1ncc(-c2ccc(Br)cc2)[nH]1. The van der Waals surface area contributed by atoms with Gasteiger partial charge in [0.15, 0.2) is 0 Å². The van der Waals surface area contributed by atoms with E-state index >= 15 is 0 Å². The first-order valence-corrected chi connectivity index (χ1v) is 6.80. The zero-order valence-electron chi connectivity index (χ0n) is 10.6. The van der Waals surface area contributed by atoms with Gasteiger partial charge in [-0.1, -0.05) is 35.0 Å². The molecule has 1 aromatic heterocycles. The largest absolute Gasteiger partial charge is 0.385 e. The quantitative estimate of drug-likeness (QED) is 0.907. The number of halogens is 1. The van der Waals surface area contributed by atoms with Crippen LogP contribution in [0.3, 0.4) is 0 Å². The normalized spacial score (nSPS) is 12.6. The van der Waals surface area contributed by atoms with Crippen molar-refractivity contribution in [2.75, 3.05) is 13.7 Å². The summed E-state index contributed by atoms with van der Waals surface area (Å²) in [5, 5.41) is 0. The maximum atomic E-state index is 5.09. The fraction of sp³-hybridized carbons (Fsp3) is 0.357. The summed E-state index contributed by atoms with van der Waals surface area (Å²) in [5.74, 6) is 1.40. The van der Waals surface area contributed by atoms with Gasteiger partial charge in [-0.25, -0.2) is 4.98 Å². The number of ether oxygens (including phenoxy) is 1. The van der Waals surface area contributed by atoms with Gasteiger partial charge in [-0.15, -0.1) is 0 Å². The van der Waals surface area contributed by atoms with E-state index in [1.54, 1.807) is 7.11 Å². The number of hydrogen-bond acceptors (Lipinski definition) is 2. The lowest BCUT2D eigenvalue weighted by Crippen LogP contribution is -2.00. The van der Waals surface area contributed by atoms with Crippen LogP contribution in [0.4, 0.5) is 0 Å². The van der Waals surface area contributed by atoms with E-state index in [1.165, 1.54) is 0 Å². The molecule has 3 nitrogen and oxygen atoms in total. The van der Waals surface area contributed by atoms with Gasteiger partial charge < -0.3 is 9.72 Å². The highest BCUT2D eigenvalue weighted by molar-refractivity contribution is 9.10. The zero-order valence-corrected chi connectivity index (χ0v) is 12.2. The van der Waals surface area contributed by atoms with Gasteiger partial charge in [0.25, 0.3) is 0 Å². The summed E-state index contributed by atoms with van der Waals surface area (Å²) in [7, 11) is 1.72. The maximum Gasteiger partial charge on any atom is 0.109 e. The third kappa shape index (κ3) is 3.21. The standard InChI is InChI=1S/C14H17BrN2O/c1-10(7-8-18-2)14-16-9-13(17-14)11-3-5-12(15)6-4-11/h3-6,9-10H,7-8H2,1-2H3,(H,16,17). The molecule has 1 N–H and O–H groups in total. The van der Waals surface area contributed by atoms with E-state index < -0.39 is 0 Å². The second-order valence-electron chi connectivity index (χ2n) is 4.37. The molecular formula is C14H17BrN2O. The van der Waals surface area contributed by atoms with E-state index in [0.29, 0.717) is 5.92 Å². The number of benzene rings is 1. The van der Waals surface area contributed by atoms with Crippen molar-refractivity contribution >= 4 is 15.9 Å². The summed E-state index contributed by atoms with van der Waals surface area (Å²) in [4.78, 5) is 7.82. The zero-order chi connectivity index (χ0) is 13.0. The molecular weight excluding hydrogens is 292 g/mol. The molecule has 1 heterocycles. The van der Waals surface area contributed by atoms with Gasteiger partial charge in [-0.2, -0.15) is 0 Å². The average molecular weight is 309 g/mol. The highest BCUT2D eigenvalue weighted by Crippen LogP contribution is 2.23. The third-order valence-electron chi connectivity index (χ3n) is 2.97. The minimum atomic E-state index is 0.383. The van der Waals surface area contributed by atoms with Crippen molar-refractivity contribution in [3.63, 3.8) is 0 Å². The summed E-state index contributed by atoms with van der Waals surface area (Å²) in [6.07, 6.45) is 2.87. The number of nitrogens with zero attached hydrogens (tertiary/aromatic N) is 1. The van der Waals surface area contributed by atoms with E-state index in [9.17, 15) is 0 Å². The Morgan fingerprint density at radius 1 is 1.33 bits per heavy atom. The van der Waals surface area contributed by atoms with E-state index in [4.69, 9.17) is 4.74 Å². The van der Waals surface area contributed by atoms with Gasteiger partial charge in [0, 0.05) is 24.1 Å². The first kappa shape index (κ1) is 13.3. The smallest absolute Gasteiger partial charge is 0.109 e. The minimum Gasteiger partial charge on any atom is -0.385 e. The predicted octanol–water partition coefficient (Wildman–Crippen LogP) is 3.98. The highest BCUT2D eigenvalue weighted by Gasteiger charge is 2.10. The molecule has 0 aliphatic rings. The maximum absolute atomic E-state index is 5.09. The van der Waals surface area contributed by atoms with Crippen molar-refractivity contribution in [2.24, 2.45) is 0 Å². The number of aromatic nitrogens is 2. The van der Waals surface area contributed by atoms with E-state index in [1.807, 2.05) is 18.3 Å². The molecule has 2 aromatic rings. The van der Waals surface area contributed by atoms with Crippen LogP contribution in [0.15, 0.2) is 34.9 Å². The molecule has 0 amide bonds. The van der Waals surface area contributed by atoms with Crippen LogP contribution in [-0.2, 0) is 4.74 Å². The molecule has 0 aliphatic heterocycles. The second-order valence-corrected chi connectivity index (χ2v) is 5.29.